The molecule has 0 N–H and O–H groups in total. The molecule has 0 aliphatic rings. The largest absolute Gasteiger partial charge is 0.496 e. The minimum atomic E-state index is -0.644. The van der Waals surface area contributed by atoms with Crippen molar-refractivity contribution in [2.75, 3.05) is 7.11 Å². The molecule has 0 amide bonds. The second kappa shape index (κ2) is 6.02. The number of benzene rings is 1. The first-order valence-electron chi connectivity index (χ1n) is 5.31. The maximum absolute atomic E-state index is 11.9. The molecule has 0 saturated heterocycles. The van der Waals surface area contributed by atoms with E-state index in [-0.39, 0.29) is 11.4 Å². The van der Waals surface area contributed by atoms with Crippen LogP contribution in [0.1, 0.15) is 9.67 Å². The first-order chi connectivity index (χ1) is 9.51. The molecule has 2 aromatic rings. The summed E-state index contributed by atoms with van der Waals surface area (Å²) < 4.78 is 10.7. The highest BCUT2D eigenvalue weighted by Gasteiger charge is 2.20. The van der Waals surface area contributed by atoms with Crippen LogP contribution in [0.25, 0.3) is 0 Å². The second-order valence-electron chi connectivity index (χ2n) is 3.58. The van der Waals surface area contributed by atoms with E-state index in [1.165, 1.54) is 36.6 Å². The summed E-state index contributed by atoms with van der Waals surface area (Å²) in [5, 5.41) is 11.0. The standard InChI is InChI=1S/C12H8BrNO5S/c1-18-7-2-3-9(8(6-7)14(16)17)19-12(15)10-4-5-11(13)20-10/h2-6H,1H3. The lowest BCUT2D eigenvalue weighted by atomic mass is 10.3. The number of esters is 1. The highest BCUT2D eigenvalue weighted by molar-refractivity contribution is 9.11. The van der Waals surface area contributed by atoms with Crippen LogP contribution in [0.15, 0.2) is 34.1 Å². The van der Waals surface area contributed by atoms with Crippen molar-refractivity contribution in [1.29, 1.82) is 0 Å². The molecule has 104 valence electrons. The van der Waals surface area contributed by atoms with Crippen LogP contribution in [0.4, 0.5) is 5.69 Å². The van der Waals surface area contributed by atoms with E-state index >= 15 is 0 Å². The van der Waals surface area contributed by atoms with Crippen LogP contribution in [0.2, 0.25) is 0 Å². The smallest absolute Gasteiger partial charge is 0.353 e. The first kappa shape index (κ1) is 14.5. The molecule has 0 saturated carbocycles. The van der Waals surface area contributed by atoms with Crippen LogP contribution < -0.4 is 9.47 Å². The van der Waals surface area contributed by atoms with Crippen molar-refractivity contribution in [3.8, 4) is 11.5 Å². The summed E-state index contributed by atoms with van der Waals surface area (Å²) >= 11 is 4.41. The Balaban J connectivity index is 2.29. The Hall–Kier alpha value is -1.93. The molecule has 2 rings (SSSR count). The van der Waals surface area contributed by atoms with E-state index in [0.717, 1.165) is 3.79 Å². The van der Waals surface area contributed by atoms with Gasteiger partial charge in [0.1, 0.15) is 10.6 Å². The van der Waals surface area contributed by atoms with Crippen molar-refractivity contribution >= 4 is 38.9 Å². The molecule has 0 radical (unpaired) electrons. The average Bonchev–Trinajstić information content (AvgIpc) is 2.85. The Bertz CT molecular complexity index is 670. The molecular formula is C12H8BrNO5S. The lowest BCUT2D eigenvalue weighted by Crippen LogP contribution is -2.08. The predicted octanol–water partition coefficient (Wildman–Crippen LogP) is 3.65. The Morgan fingerprint density at radius 1 is 1.35 bits per heavy atom. The fourth-order valence-electron chi connectivity index (χ4n) is 1.43. The van der Waals surface area contributed by atoms with E-state index < -0.39 is 10.9 Å². The van der Waals surface area contributed by atoms with Gasteiger partial charge in [0.25, 0.3) is 0 Å². The van der Waals surface area contributed by atoms with Crippen molar-refractivity contribution in [2.24, 2.45) is 0 Å². The lowest BCUT2D eigenvalue weighted by Gasteiger charge is -2.05. The van der Waals surface area contributed by atoms with Gasteiger partial charge in [-0.25, -0.2) is 4.79 Å². The number of carbonyl (C=O) groups excluding carboxylic acids is 1. The van der Waals surface area contributed by atoms with Crippen LogP contribution in [0, 0.1) is 10.1 Å². The third-order valence-electron chi connectivity index (χ3n) is 2.34. The van der Waals surface area contributed by atoms with Crippen molar-refractivity contribution < 1.29 is 19.2 Å². The maximum Gasteiger partial charge on any atom is 0.353 e. The van der Waals surface area contributed by atoms with Crippen molar-refractivity contribution in [3.63, 3.8) is 0 Å². The number of nitrogens with zero attached hydrogens (tertiary/aromatic N) is 1. The number of nitro groups is 1. The third kappa shape index (κ3) is 3.14. The second-order valence-corrected chi connectivity index (χ2v) is 6.05. The average molecular weight is 358 g/mol. The molecule has 1 heterocycles. The van der Waals surface area contributed by atoms with E-state index in [2.05, 4.69) is 15.9 Å². The molecule has 0 aliphatic heterocycles. The Morgan fingerprint density at radius 2 is 2.10 bits per heavy atom. The number of hydrogen-bond donors (Lipinski definition) is 0. The van der Waals surface area contributed by atoms with Crippen LogP contribution in [-0.4, -0.2) is 18.0 Å². The summed E-state index contributed by atoms with van der Waals surface area (Å²) in [5.74, 6) is -0.449. The Kier molecular flexibility index (Phi) is 4.35. The fraction of sp³-hybridized carbons (Fsp3) is 0.0833. The minimum absolute atomic E-state index is 0.120. The van der Waals surface area contributed by atoms with Gasteiger partial charge in [-0.15, -0.1) is 11.3 Å². The van der Waals surface area contributed by atoms with Gasteiger partial charge in [0.15, 0.2) is 0 Å². The number of carbonyl (C=O) groups is 1. The molecule has 20 heavy (non-hydrogen) atoms. The number of halogens is 1. The maximum atomic E-state index is 11.9. The van der Waals surface area contributed by atoms with Crippen LogP contribution in [-0.2, 0) is 0 Å². The van der Waals surface area contributed by atoms with E-state index in [9.17, 15) is 14.9 Å². The van der Waals surface area contributed by atoms with Gasteiger partial charge in [0.2, 0.25) is 5.75 Å². The Labute approximate surface area is 126 Å². The number of thiophene rings is 1. The van der Waals surface area contributed by atoms with Gasteiger partial charge in [-0.1, -0.05) is 0 Å². The van der Waals surface area contributed by atoms with Gasteiger partial charge in [0.05, 0.1) is 21.9 Å². The molecule has 0 unspecified atom stereocenters. The van der Waals surface area contributed by atoms with E-state index in [1.807, 2.05) is 0 Å². The molecule has 0 bridgehead atoms. The molecule has 0 atom stereocenters. The summed E-state index contributed by atoms with van der Waals surface area (Å²) in [6.45, 7) is 0. The predicted molar refractivity (Wildman–Crippen MR) is 76.6 cm³/mol. The first-order valence-corrected chi connectivity index (χ1v) is 6.92. The summed E-state index contributed by atoms with van der Waals surface area (Å²) in [5.41, 5.74) is -0.326. The van der Waals surface area contributed by atoms with Crippen LogP contribution in [0.3, 0.4) is 0 Å². The molecule has 0 spiro atoms. The minimum Gasteiger partial charge on any atom is -0.496 e. The van der Waals surface area contributed by atoms with E-state index in [1.54, 1.807) is 12.1 Å². The molecule has 0 aliphatic carbocycles. The highest BCUT2D eigenvalue weighted by atomic mass is 79.9. The normalized spacial score (nSPS) is 10.1. The quantitative estimate of drug-likeness (QED) is 0.361. The number of ether oxygens (including phenoxy) is 2. The lowest BCUT2D eigenvalue weighted by molar-refractivity contribution is -0.385. The molecule has 1 aromatic heterocycles. The fourth-order valence-corrected chi connectivity index (χ4v) is 2.69. The van der Waals surface area contributed by atoms with Gasteiger partial charge in [-0.05, 0) is 40.2 Å². The molecular weight excluding hydrogens is 350 g/mol. The van der Waals surface area contributed by atoms with Crippen molar-refractivity contribution in [1.82, 2.24) is 0 Å². The summed E-state index contributed by atoms with van der Waals surface area (Å²) in [7, 11) is 1.40. The number of rotatable bonds is 4. The monoisotopic (exact) mass is 357 g/mol. The van der Waals surface area contributed by atoms with Crippen molar-refractivity contribution in [2.45, 2.75) is 0 Å². The third-order valence-corrected chi connectivity index (χ3v) is 3.94. The van der Waals surface area contributed by atoms with E-state index in [0.29, 0.717) is 10.6 Å². The molecule has 6 nitrogen and oxygen atoms in total. The van der Waals surface area contributed by atoms with Gasteiger partial charge >= 0.3 is 11.7 Å². The zero-order valence-corrected chi connectivity index (χ0v) is 12.6. The molecule has 1 aromatic carbocycles. The van der Waals surface area contributed by atoms with Crippen molar-refractivity contribution in [3.05, 3.63) is 49.1 Å². The number of methoxy groups -OCH3 is 1. The van der Waals surface area contributed by atoms with Gasteiger partial charge < -0.3 is 9.47 Å². The van der Waals surface area contributed by atoms with Gasteiger partial charge in [-0.2, -0.15) is 0 Å². The number of hydrogen-bond acceptors (Lipinski definition) is 6. The molecule has 8 heteroatoms. The topological polar surface area (TPSA) is 78.7 Å². The van der Waals surface area contributed by atoms with Crippen LogP contribution >= 0.6 is 27.3 Å². The Morgan fingerprint density at radius 3 is 2.65 bits per heavy atom. The molecule has 0 fully saturated rings. The zero-order chi connectivity index (χ0) is 14.7. The zero-order valence-electron chi connectivity index (χ0n) is 10.2. The van der Waals surface area contributed by atoms with Gasteiger partial charge in [0, 0.05) is 0 Å². The number of nitro benzene ring substituents is 1. The summed E-state index contributed by atoms with van der Waals surface area (Å²) in [4.78, 5) is 22.6. The highest BCUT2D eigenvalue weighted by Crippen LogP contribution is 2.32. The summed E-state index contributed by atoms with van der Waals surface area (Å²) in [6, 6.07) is 7.29. The van der Waals surface area contributed by atoms with Gasteiger partial charge in [-0.3, -0.25) is 10.1 Å². The SMILES string of the molecule is COc1ccc(OC(=O)c2ccc(Br)s2)c([N+](=O)[O-])c1. The summed E-state index contributed by atoms with van der Waals surface area (Å²) in [6.07, 6.45) is 0. The van der Waals surface area contributed by atoms with E-state index in [4.69, 9.17) is 9.47 Å². The van der Waals surface area contributed by atoms with Crippen LogP contribution in [0.5, 0.6) is 11.5 Å².